The first-order valence-electron chi connectivity index (χ1n) is 11.7. The van der Waals surface area contributed by atoms with Crippen LogP contribution in [0.4, 0.5) is 0 Å². The van der Waals surface area contributed by atoms with E-state index in [9.17, 15) is 14.4 Å². The van der Waals surface area contributed by atoms with E-state index < -0.39 is 30.1 Å². The summed E-state index contributed by atoms with van der Waals surface area (Å²) < 4.78 is 21.3. The highest BCUT2D eigenvalue weighted by Crippen LogP contribution is 2.40. The molecule has 0 aromatic heterocycles. The van der Waals surface area contributed by atoms with Crippen LogP contribution in [0.1, 0.15) is 25.8 Å². The normalized spacial score (nSPS) is 20.8. The fraction of sp³-hybridized carbons (Fsp3) is 0.625. The van der Waals surface area contributed by atoms with Crippen molar-refractivity contribution in [2.45, 2.75) is 45.1 Å². The fourth-order valence-electron chi connectivity index (χ4n) is 4.32. The molecule has 2 aliphatic heterocycles. The van der Waals surface area contributed by atoms with Gasteiger partial charge in [0.25, 0.3) is 5.91 Å². The van der Waals surface area contributed by atoms with Crippen molar-refractivity contribution in [3.05, 3.63) is 17.7 Å². The lowest BCUT2D eigenvalue weighted by Crippen LogP contribution is -2.55. The quantitative estimate of drug-likeness (QED) is 0.429. The number of carbonyl (C=O) groups is 3. The number of carbonyl (C=O) groups excluding carboxylic acids is 2. The van der Waals surface area contributed by atoms with Gasteiger partial charge in [-0.3, -0.25) is 14.5 Å². The van der Waals surface area contributed by atoms with Crippen LogP contribution in [0, 0.1) is 5.92 Å². The van der Waals surface area contributed by atoms with E-state index in [0.717, 1.165) is 5.56 Å². The molecule has 2 aliphatic rings. The van der Waals surface area contributed by atoms with E-state index in [0.29, 0.717) is 56.4 Å². The van der Waals surface area contributed by atoms with Crippen molar-refractivity contribution in [3.8, 4) is 17.2 Å². The highest BCUT2D eigenvalue weighted by atomic mass is 16.6. The summed E-state index contributed by atoms with van der Waals surface area (Å²) in [5.74, 6) is 0.00879. The van der Waals surface area contributed by atoms with Gasteiger partial charge in [-0.1, -0.05) is 19.9 Å². The first-order chi connectivity index (χ1) is 16.7. The number of benzene rings is 1. The van der Waals surface area contributed by atoms with Crippen molar-refractivity contribution in [2.75, 3.05) is 47.5 Å². The Balaban J connectivity index is 1.60. The Kier molecular flexibility index (Phi) is 8.79. The number of methoxy groups -OCH3 is 3. The van der Waals surface area contributed by atoms with Gasteiger partial charge in [-0.15, -0.1) is 0 Å². The molecule has 0 radical (unpaired) electrons. The minimum absolute atomic E-state index is 0.164. The number of rotatable bonds is 11. The van der Waals surface area contributed by atoms with Crippen molar-refractivity contribution in [1.29, 1.82) is 0 Å². The molecule has 3 rings (SSSR count). The number of nitrogens with zero attached hydrogens (tertiary/aromatic N) is 2. The third kappa shape index (κ3) is 6.34. The summed E-state index contributed by atoms with van der Waals surface area (Å²) in [6.07, 6.45) is -1.72. The highest BCUT2D eigenvalue weighted by molar-refractivity contribution is 5.95. The summed E-state index contributed by atoms with van der Waals surface area (Å²) in [5, 5.41) is 11.7. The number of epoxide rings is 1. The number of nitrogens with one attached hydrogen (secondary N) is 1. The number of hydrogen-bond donors (Lipinski definition) is 2. The second-order valence-corrected chi connectivity index (χ2v) is 9.10. The first-order valence-corrected chi connectivity index (χ1v) is 11.7. The molecule has 0 aliphatic carbocycles. The average Bonchev–Trinajstić information content (AvgIpc) is 3.64. The molecule has 3 atom stereocenters. The van der Waals surface area contributed by atoms with E-state index in [1.807, 2.05) is 26.0 Å². The van der Waals surface area contributed by atoms with Crippen molar-refractivity contribution in [2.24, 2.45) is 5.92 Å². The number of piperazine rings is 1. The zero-order valence-electron chi connectivity index (χ0n) is 20.9. The Morgan fingerprint density at radius 1 is 1.03 bits per heavy atom. The zero-order valence-corrected chi connectivity index (χ0v) is 20.9. The van der Waals surface area contributed by atoms with E-state index in [4.69, 9.17) is 24.1 Å². The molecule has 1 aromatic rings. The van der Waals surface area contributed by atoms with E-state index in [1.165, 1.54) is 0 Å². The van der Waals surface area contributed by atoms with Gasteiger partial charge in [0, 0.05) is 38.3 Å². The van der Waals surface area contributed by atoms with E-state index in [2.05, 4.69) is 10.2 Å². The minimum atomic E-state index is -1.18. The van der Waals surface area contributed by atoms with Crippen molar-refractivity contribution >= 4 is 17.8 Å². The molecular weight excluding hydrogens is 458 g/mol. The smallest absolute Gasteiger partial charge is 0.336 e. The standard InChI is InChI=1S/C24H35N3O8/c1-14(2)12-16(25-22(28)20-21(35-20)24(30)31)23(29)27-10-8-26(9-11-27)13-15-6-7-17(32-3)19(34-5)18(15)33-4/h6-7,14,16,20-21H,8-13H2,1-5H3,(H,25,28)(H,30,31)/t16?,20-,21-/m0/s1. The Labute approximate surface area is 205 Å². The molecule has 35 heavy (non-hydrogen) atoms. The molecule has 2 fully saturated rings. The SMILES string of the molecule is COc1ccc(CN2CCN(C(=O)C(CC(C)C)NC(=O)[C@H]3O[C@@H]3C(=O)O)CC2)c(OC)c1OC. The number of aliphatic carboxylic acids is 1. The van der Waals surface area contributed by atoms with Crippen LogP contribution in [0.3, 0.4) is 0 Å². The lowest BCUT2D eigenvalue weighted by molar-refractivity contribution is -0.138. The zero-order chi connectivity index (χ0) is 25.7. The molecule has 0 bridgehead atoms. The summed E-state index contributed by atoms with van der Waals surface area (Å²) in [7, 11) is 4.73. The second-order valence-electron chi connectivity index (χ2n) is 9.10. The summed E-state index contributed by atoms with van der Waals surface area (Å²) >= 11 is 0. The molecule has 0 spiro atoms. The molecule has 0 saturated carbocycles. The van der Waals surface area contributed by atoms with Crippen LogP contribution in [0.2, 0.25) is 0 Å². The van der Waals surface area contributed by atoms with E-state index in [1.54, 1.807) is 26.2 Å². The van der Waals surface area contributed by atoms with Crippen molar-refractivity contribution < 1.29 is 38.4 Å². The molecular formula is C24H35N3O8. The number of carboxylic acid groups (broad SMARTS) is 1. The van der Waals surface area contributed by atoms with Gasteiger partial charge in [-0.2, -0.15) is 0 Å². The van der Waals surface area contributed by atoms with E-state index >= 15 is 0 Å². The first kappa shape index (κ1) is 26.6. The van der Waals surface area contributed by atoms with Gasteiger partial charge in [-0.05, 0) is 18.4 Å². The molecule has 2 N–H and O–H groups in total. The molecule has 1 unspecified atom stereocenters. The number of hydrogen-bond acceptors (Lipinski definition) is 8. The fourth-order valence-corrected chi connectivity index (χ4v) is 4.32. The Morgan fingerprint density at radius 2 is 1.69 bits per heavy atom. The van der Waals surface area contributed by atoms with Crippen LogP contribution in [-0.4, -0.2) is 98.4 Å². The predicted molar refractivity (Wildman–Crippen MR) is 126 cm³/mol. The van der Waals surface area contributed by atoms with Crippen LogP contribution in [0.5, 0.6) is 17.2 Å². The number of carboxylic acids is 1. The van der Waals surface area contributed by atoms with Gasteiger partial charge >= 0.3 is 5.97 Å². The Morgan fingerprint density at radius 3 is 2.20 bits per heavy atom. The lowest BCUT2D eigenvalue weighted by atomic mass is 10.0. The van der Waals surface area contributed by atoms with Crippen molar-refractivity contribution in [1.82, 2.24) is 15.1 Å². The highest BCUT2D eigenvalue weighted by Gasteiger charge is 2.51. The topological polar surface area (TPSA) is 130 Å². The Hall–Kier alpha value is -3.05. The van der Waals surface area contributed by atoms with Gasteiger partial charge in [0.1, 0.15) is 6.04 Å². The van der Waals surface area contributed by atoms with Gasteiger partial charge < -0.3 is 34.3 Å². The van der Waals surface area contributed by atoms with E-state index in [-0.39, 0.29) is 11.8 Å². The molecule has 194 valence electrons. The largest absolute Gasteiger partial charge is 0.493 e. The molecule has 2 saturated heterocycles. The maximum absolute atomic E-state index is 13.2. The van der Waals surface area contributed by atoms with Crippen LogP contribution in [-0.2, 0) is 25.7 Å². The molecule has 1 aromatic carbocycles. The average molecular weight is 494 g/mol. The maximum atomic E-state index is 13.2. The monoisotopic (exact) mass is 493 g/mol. The third-order valence-electron chi connectivity index (χ3n) is 6.18. The minimum Gasteiger partial charge on any atom is -0.493 e. The van der Waals surface area contributed by atoms with Crippen LogP contribution >= 0.6 is 0 Å². The molecule has 2 heterocycles. The summed E-state index contributed by atoms with van der Waals surface area (Å²) in [6, 6.07) is 3.06. The Bertz CT molecular complexity index is 930. The predicted octanol–water partition coefficient (Wildman–Crippen LogP) is 0.740. The summed E-state index contributed by atoms with van der Waals surface area (Å²) in [6.45, 7) is 6.88. The summed E-state index contributed by atoms with van der Waals surface area (Å²) in [5.41, 5.74) is 0.951. The number of amides is 2. The van der Waals surface area contributed by atoms with Gasteiger partial charge in [0.05, 0.1) is 21.3 Å². The summed E-state index contributed by atoms with van der Waals surface area (Å²) in [4.78, 5) is 40.6. The third-order valence-corrected chi connectivity index (χ3v) is 6.18. The molecule has 2 amide bonds. The van der Waals surface area contributed by atoms with Gasteiger partial charge in [0.15, 0.2) is 23.7 Å². The van der Waals surface area contributed by atoms with Crippen LogP contribution < -0.4 is 19.5 Å². The van der Waals surface area contributed by atoms with Crippen LogP contribution in [0.15, 0.2) is 12.1 Å². The second kappa shape index (κ2) is 11.6. The van der Waals surface area contributed by atoms with Crippen molar-refractivity contribution in [3.63, 3.8) is 0 Å². The number of ether oxygens (including phenoxy) is 4. The maximum Gasteiger partial charge on any atom is 0.336 e. The van der Waals surface area contributed by atoms with Gasteiger partial charge in [-0.25, -0.2) is 4.79 Å². The van der Waals surface area contributed by atoms with Gasteiger partial charge in [0.2, 0.25) is 11.7 Å². The molecule has 11 nitrogen and oxygen atoms in total. The lowest BCUT2D eigenvalue weighted by Gasteiger charge is -2.37. The van der Waals surface area contributed by atoms with Crippen LogP contribution in [0.25, 0.3) is 0 Å². The molecule has 11 heteroatoms.